The molecule has 6 nitrogen and oxygen atoms in total. The highest BCUT2D eigenvalue weighted by Gasteiger charge is 2.41. The molecule has 1 aromatic carbocycles. The fourth-order valence-electron chi connectivity index (χ4n) is 3.49. The van der Waals surface area contributed by atoms with Crippen molar-refractivity contribution in [2.75, 3.05) is 36.1 Å². The van der Waals surface area contributed by atoms with Gasteiger partial charge in [-0.2, -0.15) is 4.36 Å². The summed E-state index contributed by atoms with van der Waals surface area (Å²) in [4.78, 5) is 10.8. The van der Waals surface area contributed by atoms with Crippen LogP contribution in [0.3, 0.4) is 0 Å². The molecule has 1 spiro atoms. The molecule has 2 aliphatic rings. The molecule has 0 amide bonds. The van der Waals surface area contributed by atoms with E-state index in [2.05, 4.69) is 19.2 Å². The van der Waals surface area contributed by atoms with Crippen LogP contribution in [0.25, 0.3) is 0 Å². The van der Waals surface area contributed by atoms with Crippen LogP contribution in [0.5, 0.6) is 0 Å². The van der Waals surface area contributed by atoms with Gasteiger partial charge in [0.1, 0.15) is 5.82 Å². The highest BCUT2D eigenvalue weighted by atomic mass is 32.2. The molecule has 1 aromatic heterocycles. The van der Waals surface area contributed by atoms with E-state index in [0.29, 0.717) is 18.1 Å². The van der Waals surface area contributed by atoms with Gasteiger partial charge in [0, 0.05) is 37.0 Å². The number of hydrogen-bond acceptors (Lipinski definition) is 6. The molecule has 0 bridgehead atoms. The van der Waals surface area contributed by atoms with Crippen molar-refractivity contribution in [2.45, 2.75) is 18.4 Å². The van der Waals surface area contributed by atoms with E-state index >= 15 is 0 Å². The van der Waals surface area contributed by atoms with Crippen LogP contribution in [0.15, 0.2) is 53.3 Å². The third-order valence-electron chi connectivity index (χ3n) is 4.90. The van der Waals surface area contributed by atoms with Gasteiger partial charge in [0.05, 0.1) is 33.8 Å². The first-order valence-corrected chi connectivity index (χ1v) is 10.4. The molecule has 0 unspecified atom stereocenters. The maximum Gasteiger partial charge on any atom is 0.147 e. The third kappa shape index (κ3) is 3.67. The summed E-state index contributed by atoms with van der Waals surface area (Å²) >= 11 is 0. The summed E-state index contributed by atoms with van der Waals surface area (Å²) in [7, 11) is -2.20. The zero-order valence-corrected chi connectivity index (χ0v) is 14.9. The van der Waals surface area contributed by atoms with Crippen molar-refractivity contribution in [3.05, 3.63) is 48.9 Å². The van der Waals surface area contributed by atoms with Crippen LogP contribution >= 0.6 is 0 Å². The van der Waals surface area contributed by atoms with Crippen molar-refractivity contribution in [1.82, 2.24) is 9.97 Å². The van der Waals surface area contributed by atoms with Crippen molar-refractivity contribution in [1.29, 1.82) is 0 Å². The van der Waals surface area contributed by atoms with Crippen LogP contribution in [0.1, 0.15) is 12.8 Å². The van der Waals surface area contributed by atoms with Crippen LogP contribution in [0.4, 0.5) is 11.5 Å². The summed E-state index contributed by atoms with van der Waals surface area (Å²) in [5.74, 6) is 2.04. The minimum Gasteiger partial charge on any atom is -0.371 e. The van der Waals surface area contributed by atoms with Gasteiger partial charge >= 0.3 is 0 Å². The highest BCUT2D eigenvalue weighted by Crippen LogP contribution is 2.34. The SMILES string of the molecule is O=S1(=Nc2ccccc2)CCC2(CC1)CN(c1cnccn1)CCO2. The van der Waals surface area contributed by atoms with Gasteiger partial charge in [-0.1, -0.05) is 18.2 Å². The van der Waals surface area contributed by atoms with Gasteiger partial charge in [-0.05, 0) is 25.0 Å². The lowest BCUT2D eigenvalue weighted by molar-refractivity contribution is -0.0615. The predicted molar refractivity (Wildman–Crippen MR) is 98.6 cm³/mol. The monoisotopic (exact) mass is 358 g/mol. The van der Waals surface area contributed by atoms with Gasteiger partial charge in [0.2, 0.25) is 0 Å². The fourth-order valence-corrected chi connectivity index (χ4v) is 5.76. The van der Waals surface area contributed by atoms with Crippen LogP contribution in [-0.2, 0) is 14.5 Å². The lowest BCUT2D eigenvalue weighted by Gasteiger charge is -2.45. The minimum absolute atomic E-state index is 0.247. The van der Waals surface area contributed by atoms with Crippen LogP contribution in [0, 0.1) is 0 Å². The Morgan fingerprint density at radius 2 is 1.96 bits per heavy atom. The van der Waals surface area contributed by atoms with Crippen molar-refractivity contribution in [3.8, 4) is 0 Å². The predicted octanol–water partition coefficient (Wildman–Crippen LogP) is 2.65. The first kappa shape index (κ1) is 16.5. The zero-order chi connectivity index (χ0) is 17.2. The average Bonchev–Trinajstić information content (AvgIpc) is 2.67. The van der Waals surface area contributed by atoms with E-state index in [1.807, 2.05) is 30.3 Å². The van der Waals surface area contributed by atoms with Gasteiger partial charge in [-0.3, -0.25) is 4.98 Å². The second-order valence-corrected chi connectivity index (χ2v) is 9.17. The Hall–Kier alpha value is -1.99. The van der Waals surface area contributed by atoms with Crippen molar-refractivity contribution >= 4 is 21.2 Å². The fraction of sp³-hybridized carbons (Fsp3) is 0.444. The number of benzene rings is 1. The van der Waals surface area contributed by atoms with Gasteiger partial charge < -0.3 is 9.64 Å². The zero-order valence-electron chi connectivity index (χ0n) is 14.1. The third-order valence-corrected chi connectivity index (χ3v) is 7.13. The molecule has 3 heterocycles. The first-order chi connectivity index (χ1) is 12.2. The first-order valence-electron chi connectivity index (χ1n) is 8.59. The highest BCUT2D eigenvalue weighted by molar-refractivity contribution is 7.93. The maximum absolute atomic E-state index is 13.1. The Balaban J connectivity index is 1.49. The maximum atomic E-state index is 13.1. The number of aromatic nitrogens is 2. The Morgan fingerprint density at radius 1 is 1.16 bits per heavy atom. The van der Waals surface area contributed by atoms with Crippen LogP contribution in [0.2, 0.25) is 0 Å². The number of anilines is 1. The Morgan fingerprint density at radius 3 is 2.68 bits per heavy atom. The van der Waals surface area contributed by atoms with E-state index < -0.39 is 9.73 Å². The largest absolute Gasteiger partial charge is 0.371 e. The molecule has 0 saturated carbocycles. The van der Waals surface area contributed by atoms with Gasteiger partial charge in [-0.15, -0.1) is 0 Å². The normalized spacial score (nSPS) is 29.5. The van der Waals surface area contributed by atoms with E-state index in [9.17, 15) is 4.21 Å². The molecular weight excluding hydrogens is 336 g/mol. The molecule has 132 valence electrons. The standard InChI is InChI=1S/C18H22N4O2S/c23-25(21-16-4-2-1-3-5-16)12-6-18(7-13-25)15-22(10-11-24-18)17-14-19-8-9-20-17/h1-5,8-9,14H,6-7,10-13,15H2. The summed E-state index contributed by atoms with van der Waals surface area (Å²) in [6, 6.07) is 9.61. The molecular formula is C18H22N4O2S. The Kier molecular flexibility index (Phi) is 4.43. The topological polar surface area (TPSA) is 67.7 Å². The van der Waals surface area contributed by atoms with Crippen molar-refractivity contribution < 1.29 is 8.95 Å². The van der Waals surface area contributed by atoms with E-state index in [-0.39, 0.29) is 5.60 Å². The summed E-state index contributed by atoms with van der Waals surface area (Å²) in [5, 5.41) is 0. The van der Waals surface area contributed by atoms with Gasteiger partial charge in [0.25, 0.3) is 0 Å². The second kappa shape index (κ2) is 6.72. The van der Waals surface area contributed by atoms with Crippen LogP contribution < -0.4 is 4.90 Å². The van der Waals surface area contributed by atoms with Crippen molar-refractivity contribution in [3.63, 3.8) is 0 Å². The Bertz CT molecular complexity index is 821. The Labute approximate surface area is 148 Å². The minimum atomic E-state index is -2.20. The van der Waals surface area contributed by atoms with E-state index in [0.717, 1.165) is 37.4 Å². The molecule has 7 heteroatoms. The summed E-state index contributed by atoms with van der Waals surface area (Å²) < 4.78 is 23.8. The molecule has 0 aliphatic carbocycles. The average molecular weight is 358 g/mol. The van der Waals surface area contributed by atoms with E-state index in [1.54, 1.807) is 18.6 Å². The van der Waals surface area contributed by atoms with Crippen molar-refractivity contribution in [2.24, 2.45) is 4.36 Å². The second-order valence-electron chi connectivity index (χ2n) is 6.62. The molecule has 0 radical (unpaired) electrons. The molecule has 0 atom stereocenters. The lowest BCUT2D eigenvalue weighted by Crippen LogP contribution is -2.55. The summed E-state index contributed by atoms with van der Waals surface area (Å²) in [6.07, 6.45) is 6.71. The number of ether oxygens (including phenoxy) is 1. The van der Waals surface area contributed by atoms with E-state index in [1.165, 1.54) is 0 Å². The molecule has 2 fully saturated rings. The lowest BCUT2D eigenvalue weighted by atomic mass is 9.94. The smallest absolute Gasteiger partial charge is 0.147 e. The van der Waals surface area contributed by atoms with Crippen LogP contribution in [-0.4, -0.2) is 51.0 Å². The van der Waals surface area contributed by atoms with Gasteiger partial charge in [-0.25, -0.2) is 9.19 Å². The summed E-state index contributed by atoms with van der Waals surface area (Å²) in [6.45, 7) is 2.24. The molecule has 2 aromatic rings. The molecule has 0 N–H and O–H groups in total. The van der Waals surface area contributed by atoms with Gasteiger partial charge in [0.15, 0.2) is 0 Å². The molecule has 2 aliphatic heterocycles. The quantitative estimate of drug-likeness (QED) is 0.826. The molecule has 2 saturated heterocycles. The number of hydrogen-bond donors (Lipinski definition) is 0. The number of rotatable bonds is 2. The number of morpholine rings is 1. The molecule has 25 heavy (non-hydrogen) atoms. The van der Waals surface area contributed by atoms with E-state index in [4.69, 9.17) is 4.74 Å². The molecule has 4 rings (SSSR count). The summed E-state index contributed by atoms with van der Waals surface area (Å²) in [5.41, 5.74) is 0.553. The number of nitrogens with zero attached hydrogens (tertiary/aromatic N) is 4.